The zero-order valence-electron chi connectivity index (χ0n) is 6.65. The average molecular weight is 220 g/mol. The number of hydrogen-bond donors (Lipinski definition) is 0. The first-order chi connectivity index (χ1) is 4.41. The van der Waals surface area contributed by atoms with Crippen LogP contribution in [0.15, 0.2) is 0 Å². The van der Waals surface area contributed by atoms with Gasteiger partial charge in [-0.1, -0.05) is 26.7 Å². The van der Waals surface area contributed by atoms with Crippen LogP contribution in [0.3, 0.4) is 0 Å². The van der Waals surface area contributed by atoms with E-state index in [0.717, 1.165) is 13.2 Å². The Morgan fingerprint density at radius 3 is 1.60 bits per heavy atom. The van der Waals surface area contributed by atoms with E-state index in [2.05, 4.69) is 13.8 Å². The van der Waals surface area contributed by atoms with Gasteiger partial charge in [0.25, 0.3) is 0 Å². The van der Waals surface area contributed by atoms with Crippen molar-refractivity contribution in [2.45, 2.75) is 39.5 Å². The van der Waals surface area contributed by atoms with Crippen molar-refractivity contribution in [3.05, 3.63) is 0 Å². The fourth-order valence-electron chi connectivity index (χ4n) is 0.595. The molecule has 1 nitrogen and oxygen atoms in total. The van der Waals surface area contributed by atoms with Gasteiger partial charge >= 0.3 is 45.5 Å². The van der Waals surface area contributed by atoms with E-state index in [9.17, 15) is 0 Å². The van der Waals surface area contributed by atoms with Gasteiger partial charge in [0.2, 0.25) is 0 Å². The Morgan fingerprint density at radius 2 is 1.30 bits per heavy atom. The minimum atomic E-state index is 0. The Labute approximate surface area is 102 Å². The van der Waals surface area contributed by atoms with Crippen LogP contribution in [0.25, 0.3) is 0 Å². The van der Waals surface area contributed by atoms with Gasteiger partial charge in [-0.2, -0.15) is 0 Å². The molecule has 0 aromatic rings. The van der Waals surface area contributed by atoms with Crippen molar-refractivity contribution >= 4 is 45.5 Å². The van der Waals surface area contributed by atoms with Gasteiger partial charge in [-0.25, -0.2) is 0 Å². The number of rotatable bonds is 6. The van der Waals surface area contributed by atoms with Crippen molar-refractivity contribution in [3.8, 4) is 0 Å². The number of hydrogen-bond acceptors (Lipinski definition) is 1. The molecule has 0 bridgehead atoms. The van der Waals surface area contributed by atoms with Gasteiger partial charge in [-0.3, -0.25) is 0 Å². The van der Waals surface area contributed by atoms with E-state index in [4.69, 9.17) is 4.74 Å². The van der Waals surface area contributed by atoms with Gasteiger partial charge in [0.1, 0.15) is 0 Å². The van der Waals surface area contributed by atoms with Gasteiger partial charge in [-0.15, -0.1) is 0 Å². The minimum absolute atomic E-state index is 0. The van der Waals surface area contributed by atoms with Crippen molar-refractivity contribution in [1.29, 1.82) is 0 Å². The van der Waals surface area contributed by atoms with Crippen molar-refractivity contribution in [2.75, 3.05) is 13.2 Å². The molecule has 0 heterocycles. The molecule has 0 saturated carbocycles. The number of ether oxygens (including phenoxy) is 1. The zero-order valence-corrected chi connectivity index (χ0v) is 6.65. The molecule has 0 rings (SSSR count). The molecule has 60 valence electrons. The first kappa shape index (κ1) is 14.0. The third kappa shape index (κ3) is 12.1. The summed E-state index contributed by atoms with van der Waals surface area (Å²) in [7, 11) is 0. The van der Waals surface area contributed by atoms with Crippen LogP contribution in [0.5, 0.6) is 0 Å². The fourth-order valence-corrected chi connectivity index (χ4v) is 0.595. The van der Waals surface area contributed by atoms with Crippen molar-refractivity contribution in [3.63, 3.8) is 0 Å². The molecule has 0 fully saturated rings. The normalized spacial score (nSPS) is 9.00. The molecule has 0 amide bonds. The van der Waals surface area contributed by atoms with E-state index in [0.29, 0.717) is 0 Å². The van der Waals surface area contributed by atoms with Gasteiger partial charge in [0, 0.05) is 13.2 Å². The molecule has 0 N–H and O–H groups in total. The van der Waals surface area contributed by atoms with E-state index >= 15 is 0 Å². The Balaban J connectivity index is 0. The Hall–Kier alpha value is 1.44. The summed E-state index contributed by atoms with van der Waals surface area (Å²) in [5.41, 5.74) is 0. The molecule has 0 aromatic heterocycles. The average Bonchev–Trinajstić information content (AvgIpc) is 1.89. The van der Waals surface area contributed by atoms with Crippen LogP contribution in [-0.4, -0.2) is 58.7 Å². The molecule has 0 aliphatic rings. The van der Waals surface area contributed by atoms with Gasteiger partial charge in [0.15, 0.2) is 0 Å². The van der Waals surface area contributed by atoms with Crippen molar-refractivity contribution in [1.82, 2.24) is 0 Å². The van der Waals surface area contributed by atoms with Crippen molar-refractivity contribution in [2.24, 2.45) is 0 Å². The molecule has 10 heavy (non-hydrogen) atoms. The second-order valence-corrected chi connectivity index (χ2v) is 2.32. The van der Waals surface area contributed by atoms with Gasteiger partial charge in [0.05, 0.1) is 0 Å². The predicted molar refractivity (Wildman–Crippen MR) is 49.2 cm³/mol. The third-order valence-corrected chi connectivity index (χ3v) is 1.28. The summed E-state index contributed by atoms with van der Waals surface area (Å²) in [6, 6.07) is 0. The Kier molecular flexibility index (Phi) is 18.3. The quantitative estimate of drug-likeness (QED) is 0.488. The fraction of sp³-hybridized carbons (Fsp3) is 1.00. The maximum absolute atomic E-state index is 5.31. The first-order valence-electron chi connectivity index (χ1n) is 3.99. The molecular formula is C8H20OSr. The molecule has 0 unspecified atom stereocenters. The predicted octanol–water partition coefficient (Wildman–Crippen LogP) is 1.69. The van der Waals surface area contributed by atoms with E-state index in [-0.39, 0.29) is 45.5 Å². The van der Waals surface area contributed by atoms with E-state index in [1.165, 1.54) is 25.7 Å². The molecule has 0 atom stereocenters. The number of unbranched alkanes of at least 4 members (excludes halogenated alkanes) is 2. The summed E-state index contributed by atoms with van der Waals surface area (Å²) in [4.78, 5) is 0. The van der Waals surface area contributed by atoms with E-state index < -0.39 is 0 Å². The summed E-state index contributed by atoms with van der Waals surface area (Å²) < 4.78 is 5.31. The van der Waals surface area contributed by atoms with Crippen LogP contribution in [0.4, 0.5) is 0 Å². The van der Waals surface area contributed by atoms with Crippen LogP contribution in [0, 0.1) is 0 Å². The molecule has 0 aliphatic heterocycles. The second-order valence-electron chi connectivity index (χ2n) is 2.32. The molecule has 2 heteroatoms. The van der Waals surface area contributed by atoms with Crippen LogP contribution in [0.2, 0.25) is 0 Å². The van der Waals surface area contributed by atoms with Crippen LogP contribution in [-0.2, 0) is 4.74 Å². The molecule has 0 spiro atoms. The van der Waals surface area contributed by atoms with Gasteiger partial charge in [-0.05, 0) is 12.8 Å². The standard InChI is InChI=1S/C8H18O.Sr.2H/c1-3-5-7-9-8-6-4-2;;;/h3-8H2,1-2H3;;;. The molecule has 0 aromatic carbocycles. The van der Waals surface area contributed by atoms with Gasteiger partial charge < -0.3 is 4.74 Å². The van der Waals surface area contributed by atoms with E-state index in [1.54, 1.807) is 0 Å². The second kappa shape index (κ2) is 13.1. The first-order valence-corrected chi connectivity index (χ1v) is 3.99. The monoisotopic (exact) mass is 220 g/mol. The summed E-state index contributed by atoms with van der Waals surface area (Å²) in [6.07, 6.45) is 4.91. The summed E-state index contributed by atoms with van der Waals surface area (Å²) in [6.45, 7) is 6.28. The SMILES string of the molecule is CCCCOCCCC.[SrH2]. The summed E-state index contributed by atoms with van der Waals surface area (Å²) in [5.74, 6) is 0. The topological polar surface area (TPSA) is 9.23 Å². The zero-order chi connectivity index (χ0) is 6.95. The molecule has 0 radical (unpaired) electrons. The molecule has 0 saturated heterocycles. The maximum atomic E-state index is 5.31. The summed E-state index contributed by atoms with van der Waals surface area (Å²) in [5, 5.41) is 0. The van der Waals surface area contributed by atoms with Crippen LogP contribution < -0.4 is 0 Å². The Morgan fingerprint density at radius 1 is 0.900 bits per heavy atom. The third-order valence-electron chi connectivity index (χ3n) is 1.28. The molecule has 0 aliphatic carbocycles. The summed E-state index contributed by atoms with van der Waals surface area (Å²) >= 11 is 0. The Bertz CT molecular complexity index is 42.5. The van der Waals surface area contributed by atoms with Crippen LogP contribution in [0.1, 0.15) is 39.5 Å². The molecular weight excluding hydrogens is 200 g/mol. The van der Waals surface area contributed by atoms with Crippen molar-refractivity contribution < 1.29 is 4.74 Å². The van der Waals surface area contributed by atoms with Crippen LogP contribution >= 0.6 is 0 Å². The van der Waals surface area contributed by atoms with E-state index in [1.807, 2.05) is 0 Å².